The molecule has 0 unspecified atom stereocenters. The van der Waals surface area contributed by atoms with Crippen LogP contribution in [0.1, 0.15) is 49.6 Å². The van der Waals surface area contributed by atoms with Crippen LogP contribution in [0.25, 0.3) is 17.0 Å². The van der Waals surface area contributed by atoms with Gasteiger partial charge in [-0.05, 0) is 40.7 Å². The lowest BCUT2D eigenvalue weighted by molar-refractivity contribution is -0.153. The molecule has 7 nitrogen and oxygen atoms in total. The number of Topliss-reactive ketones (excluding diaryl/α,β-unsaturated/α-hetero) is 1. The summed E-state index contributed by atoms with van der Waals surface area (Å²) in [4.78, 5) is 32.9. The summed E-state index contributed by atoms with van der Waals surface area (Å²) >= 11 is 0. The molecule has 3 aromatic rings. The number of hydrogen-bond donors (Lipinski definition) is 0. The van der Waals surface area contributed by atoms with E-state index in [1.165, 1.54) is 6.92 Å². The van der Waals surface area contributed by atoms with E-state index < -0.39 is 5.60 Å². The minimum Gasteiger partial charge on any atom is -0.460 e. The quantitative estimate of drug-likeness (QED) is 0.521. The van der Waals surface area contributed by atoms with Crippen molar-refractivity contribution in [2.24, 2.45) is 0 Å². The number of carbonyl (C=O) groups is 2. The Balaban J connectivity index is 2.07. The zero-order valence-corrected chi connectivity index (χ0v) is 16.1. The number of esters is 1. The van der Waals surface area contributed by atoms with Crippen LogP contribution in [-0.2, 0) is 16.0 Å². The van der Waals surface area contributed by atoms with Gasteiger partial charge in [0.2, 0.25) is 0 Å². The van der Waals surface area contributed by atoms with Gasteiger partial charge in [-0.3, -0.25) is 9.59 Å². The second kappa shape index (κ2) is 6.90. The van der Waals surface area contributed by atoms with E-state index in [2.05, 4.69) is 15.1 Å². The summed E-state index contributed by atoms with van der Waals surface area (Å²) in [5.41, 5.74) is 1.86. The van der Waals surface area contributed by atoms with Crippen LogP contribution in [0.5, 0.6) is 0 Å². The number of carbonyl (C=O) groups excluding carboxylic acids is 2. The highest BCUT2D eigenvalue weighted by atomic mass is 16.6. The molecule has 0 bridgehead atoms. The summed E-state index contributed by atoms with van der Waals surface area (Å²) in [7, 11) is 0. The second-order valence-corrected chi connectivity index (χ2v) is 7.40. The highest BCUT2D eigenvalue weighted by Gasteiger charge is 2.19. The third-order valence-corrected chi connectivity index (χ3v) is 3.76. The first-order chi connectivity index (χ1) is 12.6. The average Bonchev–Trinajstić information content (AvgIpc) is 2.92. The summed E-state index contributed by atoms with van der Waals surface area (Å²) in [5.74, 6) is 0.719. The molecule has 0 aliphatic rings. The van der Waals surface area contributed by atoms with Gasteiger partial charge in [0, 0.05) is 17.2 Å². The van der Waals surface area contributed by atoms with Crippen molar-refractivity contribution in [3.05, 3.63) is 47.4 Å². The monoisotopic (exact) mass is 366 g/mol. The van der Waals surface area contributed by atoms with E-state index >= 15 is 0 Å². The Morgan fingerprint density at radius 3 is 2.56 bits per heavy atom. The van der Waals surface area contributed by atoms with Gasteiger partial charge in [0.25, 0.3) is 0 Å². The smallest absolute Gasteiger partial charge is 0.312 e. The molecule has 0 saturated carbocycles. The highest BCUT2D eigenvalue weighted by Crippen LogP contribution is 2.21. The molecular formula is C20H22N4O3. The van der Waals surface area contributed by atoms with Gasteiger partial charge in [-0.25, -0.2) is 9.97 Å². The molecule has 0 amide bonds. The minimum absolute atomic E-state index is 0.0269. The fourth-order valence-corrected chi connectivity index (χ4v) is 2.73. The summed E-state index contributed by atoms with van der Waals surface area (Å²) in [6.45, 7) is 8.77. The van der Waals surface area contributed by atoms with Crippen molar-refractivity contribution in [1.29, 1.82) is 0 Å². The standard InChI is InChI=1S/C20H22N4O3/c1-12(25)14-7-6-8-15(9-14)19-22-16(11-18(26)27-20(3,4)5)10-17-21-13(2)23-24(17)19/h6-10H,11H2,1-5H3. The molecule has 0 aliphatic heterocycles. The van der Waals surface area contributed by atoms with Crippen molar-refractivity contribution in [3.8, 4) is 11.4 Å². The maximum Gasteiger partial charge on any atom is 0.312 e. The van der Waals surface area contributed by atoms with Crippen molar-refractivity contribution >= 4 is 17.4 Å². The van der Waals surface area contributed by atoms with Crippen molar-refractivity contribution in [1.82, 2.24) is 19.6 Å². The molecule has 3 rings (SSSR count). The third kappa shape index (κ3) is 4.36. The van der Waals surface area contributed by atoms with Gasteiger partial charge in [0.05, 0.1) is 12.1 Å². The van der Waals surface area contributed by atoms with Crippen molar-refractivity contribution < 1.29 is 14.3 Å². The van der Waals surface area contributed by atoms with Crippen LogP contribution in [-0.4, -0.2) is 36.9 Å². The van der Waals surface area contributed by atoms with E-state index in [-0.39, 0.29) is 18.2 Å². The lowest BCUT2D eigenvalue weighted by atomic mass is 10.1. The summed E-state index contributed by atoms with van der Waals surface area (Å²) in [6.07, 6.45) is 0.0269. The third-order valence-electron chi connectivity index (χ3n) is 3.76. The molecule has 140 valence electrons. The molecule has 0 saturated heterocycles. The molecule has 0 spiro atoms. The Labute approximate surface area is 157 Å². The van der Waals surface area contributed by atoms with Gasteiger partial charge in [-0.2, -0.15) is 4.52 Å². The van der Waals surface area contributed by atoms with Gasteiger partial charge < -0.3 is 4.74 Å². The van der Waals surface area contributed by atoms with Gasteiger partial charge in [0.1, 0.15) is 11.4 Å². The molecule has 0 radical (unpaired) electrons. The van der Waals surface area contributed by atoms with Crippen molar-refractivity contribution in [2.75, 3.05) is 0 Å². The zero-order valence-electron chi connectivity index (χ0n) is 16.1. The van der Waals surface area contributed by atoms with E-state index in [0.29, 0.717) is 28.6 Å². The van der Waals surface area contributed by atoms with Gasteiger partial charge in [0.15, 0.2) is 17.3 Å². The molecular weight excluding hydrogens is 344 g/mol. The molecule has 0 aliphatic carbocycles. The Bertz CT molecular complexity index is 1030. The van der Waals surface area contributed by atoms with Gasteiger partial charge in [-0.1, -0.05) is 18.2 Å². The second-order valence-electron chi connectivity index (χ2n) is 7.40. The summed E-state index contributed by atoms with van der Waals surface area (Å²) in [5, 5.41) is 4.39. The minimum atomic E-state index is -0.564. The lowest BCUT2D eigenvalue weighted by Crippen LogP contribution is -2.25. The number of nitrogens with zero attached hydrogens (tertiary/aromatic N) is 4. The number of rotatable bonds is 4. The van der Waals surface area contributed by atoms with Crippen molar-refractivity contribution in [3.63, 3.8) is 0 Å². The van der Waals surface area contributed by atoms with Crippen LogP contribution in [0.15, 0.2) is 30.3 Å². The van der Waals surface area contributed by atoms with E-state index in [1.807, 2.05) is 26.8 Å². The van der Waals surface area contributed by atoms with E-state index in [0.717, 1.165) is 5.56 Å². The summed E-state index contributed by atoms with van der Waals surface area (Å²) < 4.78 is 7.01. The first-order valence-electron chi connectivity index (χ1n) is 8.69. The molecule has 0 N–H and O–H groups in total. The van der Waals surface area contributed by atoms with Crippen LogP contribution in [0, 0.1) is 6.92 Å². The first-order valence-corrected chi connectivity index (χ1v) is 8.69. The number of hydrogen-bond acceptors (Lipinski definition) is 6. The number of fused-ring (bicyclic) bond motifs is 1. The number of aromatic nitrogens is 4. The molecule has 1 aromatic carbocycles. The zero-order chi connectivity index (χ0) is 19.8. The number of benzene rings is 1. The molecule has 2 aromatic heterocycles. The normalized spacial score (nSPS) is 11.6. The predicted molar refractivity (Wildman–Crippen MR) is 101 cm³/mol. The molecule has 7 heteroatoms. The average molecular weight is 366 g/mol. The molecule has 2 heterocycles. The highest BCUT2D eigenvalue weighted by molar-refractivity contribution is 5.95. The maximum absolute atomic E-state index is 12.2. The van der Waals surface area contributed by atoms with Gasteiger partial charge >= 0.3 is 5.97 Å². The Morgan fingerprint density at radius 1 is 1.15 bits per heavy atom. The van der Waals surface area contributed by atoms with Gasteiger partial charge in [-0.15, -0.1) is 5.10 Å². The van der Waals surface area contributed by atoms with Crippen LogP contribution in [0.4, 0.5) is 0 Å². The lowest BCUT2D eigenvalue weighted by Gasteiger charge is -2.19. The van der Waals surface area contributed by atoms with E-state index in [9.17, 15) is 9.59 Å². The first kappa shape index (κ1) is 18.7. The Hall–Kier alpha value is -3.09. The maximum atomic E-state index is 12.2. The van der Waals surface area contributed by atoms with Crippen molar-refractivity contribution in [2.45, 2.75) is 46.6 Å². The van der Waals surface area contributed by atoms with Crippen LogP contribution < -0.4 is 0 Å². The fraction of sp³-hybridized carbons (Fsp3) is 0.350. The Kier molecular flexibility index (Phi) is 4.78. The molecule has 0 atom stereocenters. The van der Waals surface area contributed by atoms with Crippen LogP contribution >= 0.6 is 0 Å². The van der Waals surface area contributed by atoms with Crippen LogP contribution in [0.2, 0.25) is 0 Å². The predicted octanol–water partition coefficient (Wildman–Crippen LogP) is 3.19. The molecule has 27 heavy (non-hydrogen) atoms. The summed E-state index contributed by atoms with van der Waals surface area (Å²) in [6, 6.07) is 8.88. The number of ketones is 1. The topological polar surface area (TPSA) is 86.5 Å². The van der Waals surface area contributed by atoms with E-state index in [4.69, 9.17) is 4.74 Å². The number of aryl methyl sites for hydroxylation is 1. The Morgan fingerprint density at radius 2 is 1.89 bits per heavy atom. The SMILES string of the molecule is CC(=O)c1cccc(-c2nc(CC(=O)OC(C)(C)C)cc3nc(C)nn23)c1. The molecule has 0 fully saturated rings. The van der Waals surface area contributed by atoms with E-state index in [1.54, 1.807) is 35.7 Å². The number of ether oxygens (including phenoxy) is 1. The largest absolute Gasteiger partial charge is 0.460 e. The van der Waals surface area contributed by atoms with Crippen LogP contribution in [0.3, 0.4) is 0 Å². The fourth-order valence-electron chi connectivity index (χ4n) is 2.73.